The molecule has 3 rings (SSSR count). The molecule has 3 aromatic rings. The number of amides is 1. The summed E-state index contributed by atoms with van der Waals surface area (Å²) in [5.74, 6) is -0.507. The lowest BCUT2D eigenvalue weighted by molar-refractivity contribution is 0.0950. The number of nitrogens with one attached hydrogen (secondary N) is 3. The van der Waals surface area contributed by atoms with Gasteiger partial charge in [0.15, 0.2) is 5.69 Å². The number of benzene rings is 2. The normalized spacial score (nSPS) is 11.2. The molecule has 0 unspecified atom stereocenters. The molecule has 2 aromatic carbocycles. The van der Waals surface area contributed by atoms with Gasteiger partial charge in [-0.2, -0.15) is 5.10 Å². The van der Waals surface area contributed by atoms with Gasteiger partial charge in [-0.15, -0.1) is 0 Å². The molecule has 1 heterocycles. The maximum absolute atomic E-state index is 12.6. The highest BCUT2D eigenvalue weighted by molar-refractivity contribution is 7.92. The molecule has 7 nitrogen and oxygen atoms in total. The van der Waals surface area contributed by atoms with Crippen LogP contribution in [-0.2, 0) is 16.4 Å². The Labute approximate surface area is 172 Å². The first-order valence-electron chi connectivity index (χ1n) is 8.20. The number of rotatable bonds is 7. The summed E-state index contributed by atoms with van der Waals surface area (Å²) >= 11 is 11.8. The van der Waals surface area contributed by atoms with Crippen LogP contribution in [0.3, 0.4) is 0 Å². The number of aromatic nitrogens is 2. The first-order valence-corrected chi connectivity index (χ1v) is 10.4. The third kappa shape index (κ3) is 4.83. The van der Waals surface area contributed by atoms with Gasteiger partial charge in [0.2, 0.25) is 0 Å². The zero-order chi connectivity index (χ0) is 20.1. The predicted octanol–water partition coefficient (Wildman–Crippen LogP) is 3.49. The second kappa shape index (κ2) is 8.64. The Morgan fingerprint density at radius 3 is 2.61 bits per heavy atom. The van der Waals surface area contributed by atoms with E-state index in [0.29, 0.717) is 13.0 Å². The molecule has 28 heavy (non-hydrogen) atoms. The number of sulfonamides is 1. The lowest BCUT2D eigenvalue weighted by Gasteiger charge is -2.10. The number of nitrogens with zero attached hydrogens (tertiary/aromatic N) is 1. The number of anilines is 1. The van der Waals surface area contributed by atoms with E-state index in [1.54, 1.807) is 0 Å². The van der Waals surface area contributed by atoms with Crippen molar-refractivity contribution in [1.82, 2.24) is 15.5 Å². The van der Waals surface area contributed by atoms with E-state index in [1.807, 2.05) is 30.3 Å². The summed E-state index contributed by atoms with van der Waals surface area (Å²) in [7, 11) is -4.06. The maximum atomic E-state index is 12.6. The van der Waals surface area contributed by atoms with Gasteiger partial charge < -0.3 is 5.32 Å². The fourth-order valence-corrected chi connectivity index (χ4v) is 4.29. The van der Waals surface area contributed by atoms with E-state index in [9.17, 15) is 13.2 Å². The molecule has 0 spiro atoms. The van der Waals surface area contributed by atoms with E-state index in [0.717, 1.165) is 5.56 Å². The van der Waals surface area contributed by atoms with Crippen LogP contribution in [0.1, 0.15) is 16.1 Å². The molecule has 0 saturated carbocycles. The molecule has 10 heteroatoms. The number of hydrogen-bond donors (Lipinski definition) is 3. The molecule has 146 valence electrons. The van der Waals surface area contributed by atoms with Gasteiger partial charge in [-0.05, 0) is 30.2 Å². The monoisotopic (exact) mass is 438 g/mol. The fraction of sp³-hybridized carbons (Fsp3) is 0.111. The highest BCUT2D eigenvalue weighted by atomic mass is 35.5. The van der Waals surface area contributed by atoms with Gasteiger partial charge in [-0.1, -0.05) is 53.5 Å². The van der Waals surface area contributed by atoms with Gasteiger partial charge in [0, 0.05) is 17.8 Å². The minimum atomic E-state index is -4.06. The zero-order valence-electron chi connectivity index (χ0n) is 14.4. The van der Waals surface area contributed by atoms with Crippen molar-refractivity contribution in [2.24, 2.45) is 0 Å². The number of carbonyl (C=O) groups is 1. The largest absolute Gasteiger partial charge is 0.350 e. The van der Waals surface area contributed by atoms with Gasteiger partial charge in [0.1, 0.15) is 4.90 Å². The average Bonchev–Trinajstić information content (AvgIpc) is 3.12. The van der Waals surface area contributed by atoms with E-state index < -0.39 is 15.9 Å². The summed E-state index contributed by atoms with van der Waals surface area (Å²) < 4.78 is 27.6. The van der Waals surface area contributed by atoms with Crippen LogP contribution in [0.15, 0.2) is 59.6 Å². The number of H-pyrrole nitrogens is 1. The number of carbonyl (C=O) groups excluding carboxylic acids is 1. The molecule has 0 fully saturated rings. The Balaban J connectivity index is 1.70. The second-order valence-electron chi connectivity index (χ2n) is 5.82. The molecule has 1 amide bonds. The summed E-state index contributed by atoms with van der Waals surface area (Å²) in [6.07, 6.45) is 1.91. The molecule has 0 aliphatic heterocycles. The third-order valence-corrected chi connectivity index (χ3v) is 5.91. The minimum absolute atomic E-state index is 0.00764. The van der Waals surface area contributed by atoms with Crippen LogP contribution >= 0.6 is 23.2 Å². The van der Waals surface area contributed by atoms with Crippen molar-refractivity contribution in [1.29, 1.82) is 0 Å². The van der Waals surface area contributed by atoms with Crippen molar-refractivity contribution in [2.75, 3.05) is 11.3 Å². The predicted molar refractivity (Wildman–Crippen MR) is 108 cm³/mol. The molecule has 0 aliphatic carbocycles. The number of halogens is 2. The summed E-state index contributed by atoms with van der Waals surface area (Å²) in [6.45, 7) is 0.377. The molecule has 1 aromatic heterocycles. The minimum Gasteiger partial charge on any atom is -0.350 e. The van der Waals surface area contributed by atoms with Gasteiger partial charge in [-0.3, -0.25) is 14.6 Å². The van der Waals surface area contributed by atoms with E-state index >= 15 is 0 Å². The molecule has 0 aliphatic rings. The van der Waals surface area contributed by atoms with Crippen LogP contribution in [-0.4, -0.2) is 31.1 Å². The fourth-order valence-electron chi connectivity index (χ4n) is 2.47. The molecule has 0 saturated heterocycles. The van der Waals surface area contributed by atoms with E-state index in [2.05, 4.69) is 20.2 Å². The van der Waals surface area contributed by atoms with Crippen LogP contribution in [0.5, 0.6) is 0 Å². The SMILES string of the molecule is O=C(NCCc1ccccc1)c1n[nH]cc1NS(=O)(=O)c1cc(Cl)ccc1Cl. The first-order chi connectivity index (χ1) is 13.4. The van der Waals surface area contributed by atoms with Crippen molar-refractivity contribution in [3.63, 3.8) is 0 Å². The maximum Gasteiger partial charge on any atom is 0.273 e. The summed E-state index contributed by atoms with van der Waals surface area (Å²) in [5, 5.41) is 9.27. The van der Waals surface area contributed by atoms with Crippen LogP contribution in [0, 0.1) is 0 Å². The van der Waals surface area contributed by atoms with Crippen LogP contribution in [0.25, 0.3) is 0 Å². The molecule has 3 N–H and O–H groups in total. The highest BCUT2D eigenvalue weighted by Gasteiger charge is 2.23. The smallest absolute Gasteiger partial charge is 0.273 e. The zero-order valence-corrected chi connectivity index (χ0v) is 16.8. The van der Waals surface area contributed by atoms with Gasteiger partial charge >= 0.3 is 0 Å². The summed E-state index contributed by atoms with van der Waals surface area (Å²) in [4.78, 5) is 12.2. The molecular formula is C18H16Cl2N4O3S. The average molecular weight is 439 g/mol. The van der Waals surface area contributed by atoms with E-state index in [1.165, 1.54) is 24.4 Å². The highest BCUT2D eigenvalue weighted by Crippen LogP contribution is 2.27. The Hall–Kier alpha value is -2.55. The molecule has 0 atom stereocenters. The number of aromatic amines is 1. The third-order valence-electron chi connectivity index (χ3n) is 3.82. The Morgan fingerprint density at radius 2 is 1.86 bits per heavy atom. The van der Waals surface area contributed by atoms with Crippen LogP contribution in [0.4, 0.5) is 5.69 Å². The van der Waals surface area contributed by atoms with Crippen molar-refractivity contribution in [2.45, 2.75) is 11.3 Å². The number of hydrogen-bond acceptors (Lipinski definition) is 4. The van der Waals surface area contributed by atoms with Crippen molar-refractivity contribution < 1.29 is 13.2 Å². The lowest BCUT2D eigenvalue weighted by Crippen LogP contribution is -2.27. The standard InChI is InChI=1S/C18H16Cl2N4O3S/c19-13-6-7-14(20)16(10-13)28(26,27)24-15-11-22-23-17(15)18(25)21-9-8-12-4-2-1-3-5-12/h1-7,10-11,24H,8-9H2,(H,21,25)(H,22,23). The quantitative estimate of drug-likeness (QED) is 0.524. The van der Waals surface area contributed by atoms with Crippen LogP contribution in [0.2, 0.25) is 10.0 Å². The Kier molecular flexibility index (Phi) is 6.23. The van der Waals surface area contributed by atoms with Crippen molar-refractivity contribution >= 4 is 44.8 Å². The molecular weight excluding hydrogens is 423 g/mol. The molecule has 0 radical (unpaired) electrons. The Morgan fingerprint density at radius 1 is 1.11 bits per heavy atom. The van der Waals surface area contributed by atoms with Gasteiger partial charge in [0.25, 0.3) is 15.9 Å². The topological polar surface area (TPSA) is 104 Å². The van der Waals surface area contributed by atoms with E-state index in [-0.39, 0.29) is 26.3 Å². The van der Waals surface area contributed by atoms with E-state index in [4.69, 9.17) is 23.2 Å². The lowest BCUT2D eigenvalue weighted by atomic mass is 10.1. The van der Waals surface area contributed by atoms with Gasteiger partial charge in [-0.25, -0.2) is 8.42 Å². The molecule has 0 bridgehead atoms. The van der Waals surface area contributed by atoms with Crippen molar-refractivity contribution in [3.8, 4) is 0 Å². The first kappa shape index (κ1) is 20.2. The van der Waals surface area contributed by atoms with Crippen LogP contribution < -0.4 is 10.0 Å². The summed E-state index contributed by atoms with van der Waals surface area (Å²) in [5.41, 5.74) is 1.00. The second-order valence-corrected chi connectivity index (χ2v) is 8.31. The Bertz CT molecular complexity index is 1090. The summed E-state index contributed by atoms with van der Waals surface area (Å²) in [6, 6.07) is 13.7. The van der Waals surface area contributed by atoms with Gasteiger partial charge in [0.05, 0.1) is 10.7 Å². The van der Waals surface area contributed by atoms with Crippen molar-refractivity contribution in [3.05, 3.63) is 76.0 Å².